The highest BCUT2D eigenvalue weighted by Gasteiger charge is 2.27. The zero-order valence-electron chi connectivity index (χ0n) is 15.7. The van der Waals surface area contributed by atoms with E-state index in [-0.39, 0.29) is 24.0 Å². The van der Waals surface area contributed by atoms with Gasteiger partial charge in [0.15, 0.2) is 14.7 Å². The zero-order valence-corrected chi connectivity index (χ0v) is 16.5. The second-order valence-corrected chi connectivity index (χ2v) is 8.38. The Bertz CT molecular complexity index is 886. The van der Waals surface area contributed by atoms with E-state index in [0.717, 1.165) is 6.42 Å². The molecule has 0 aliphatic carbocycles. The van der Waals surface area contributed by atoms with E-state index in [1.165, 1.54) is 20.2 Å². The van der Waals surface area contributed by atoms with Crippen LogP contribution in [-0.4, -0.2) is 24.5 Å². The maximum absolute atomic E-state index is 8.87. The molecule has 0 atom stereocenters. The topological polar surface area (TPSA) is 50.8 Å². The highest BCUT2D eigenvalue weighted by molar-refractivity contribution is 7.97. The second-order valence-electron chi connectivity index (χ2n) is 6.35. The molecule has 0 amide bonds. The van der Waals surface area contributed by atoms with Crippen LogP contribution in [0.15, 0.2) is 99.6 Å². The highest BCUT2D eigenvalue weighted by Crippen LogP contribution is 2.31. The van der Waals surface area contributed by atoms with Crippen molar-refractivity contribution in [3.63, 3.8) is 0 Å². The molecule has 0 spiro atoms. The minimum atomic E-state index is -0.138. The predicted octanol–water partition coefficient (Wildman–Crippen LogP) is 4.67. The molecule has 0 bridgehead atoms. The Hall–Kier alpha value is -3.05. The van der Waals surface area contributed by atoms with Gasteiger partial charge in [-0.25, -0.2) is 0 Å². The third-order valence-electron chi connectivity index (χ3n) is 4.42. The van der Waals surface area contributed by atoms with Crippen LogP contribution in [0, 0.1) is 22.7 Å². The van der Waals surface area contributed by atoms with Crippen molar-refractivity contribution in [1.29, 1.82) is 10.5 Å². The van der Waals surface area contributed by atoms with E-state index < -0.39 is 0 Å². The molecule has 0 saturated carbocycles. The Morgan fingerprint density at radius 1 is 0.643 bits per heavy atom. The first-order chi connectivity index (χ1) is 13.8. The van der Waals surface area contributed by atoms with Crippen LogP contribution in [0.5, 0.6) is 0 Å². The molecule has 0 saturated heterocycles. The van der Waals surface area contributed by atoms with Gasteiger partial charge in [0.25, 0.3) is 0 Å². The summed E-state index contributed by atoms with van der Waals surface area (Å²) >= 11 is 0. The van der Waals surface area contributed by atoms with Crippen molar-refractivity contribution in [2.24, 2.45) is 0 Å². The molecule has 3 aromatic rings. The van der Waals surface area contributed by atoms with Gasteiger partial charge in [-0.2, -0.15) is 10.5 Å². The van der Waals surface area contributed by atoms with Crippen molar-refractivity contribution in [2.45, 2.75) is 21.1 Å². The van der Waals surface area contributed by atoms with Gasteiger partial charge in [-0.1, -0.05) is 48.5 Å². The molecule has 3 nitrogen and oxygen atoms in total. The molecule has 3 aromatic carbocycles. The second kappa shape index (κ2) is 10.3. The van der Waals surface area contributed by atoms with Gasteiger partial charge in [-0.05, 0) is 48.4 Å². The fraction of sp³-hybridized carbons (Fsp3) is 0.167. The van der Waals surface area contributed by atoms with Gasteiger partial charge in [0, 0.05) is 6.54 Å². The van der Waals surface area contributed by atoms with Gasteiger partial charge in [-0.3, -0.25) is 4.90 Å². The van der Waals surface area contributed by atoms with Crippen molar-refractivity contribution < 1.29 is 0 Å². The van der Waals surface area contributed by atoms with Crippen LogP contribution in [0.25, 0.3) is 0 Å². The fourth-order valence-electron chi connectivity index (χ4n) is 3.01. The Morgan fingerprint density at radius 2 is 1.11 bits per heavy atom. The molecule has 0 aliphatic rings. The lowest BCUT2D eigenvalue weighted by Gasteiger charge is -2.15. The highest BCUT2D eigenvalue weighted by atomic mass is 32.2. The van der Waals surface area contributed by atoms with Crippen LogP contribution in [0.1, 0.15) is 5.56 Å². The van der Waals surface area contributed by atoms with Crippen molar-refractivity contribution in [3.8, 4) is 12.1 Å². The summed E-state index contributed by atoms with van der Waals surface area (Å²) in [7, 11) is -0.138. The lowest BCUT2D eigenvalue weighted by atomic mass is 10.1. The van der Waals surface area contributed by atoms with Crippen LogP contribution in [0.4, 0.5) is 0 Å². The molecule has 0 fully saturated rings. The SMILES string of the molecule is N#CCN(CC#N)CCc1ccc([S+](c2ccccc2)c2ccccc2)cc1. The van der Waals surface area contributed by atoms with Crippen LogP contribution in [0.3, 0.4) is 0 Å². The standard InChI is InChI=1S/C24H22N3S/c25-16-19-27(20-17-26)18-15-21-11-13-24(14-12-21)28(22-7-3-1-4-8-22)23-9-5-2-6-10-23/h1-14H,15,18-20H2/q+1. The molecule has 0 unspecified atom stereocenters. The number of hydrogen-bond donors (Lipinski definition) is 0. The smallest absolute Gasteiger partial charge is 0.166 e. The van der Waals surface area contributed by atoms with E-state index >= 15 is 0 Å². The lowest BCUT2D eigenvalue weighted by molar-refractivity contribution is 0.347. The van der Waals surface area contributed by atoms with Gasteiger partial charge in [0.2, 0.25) is 0 Å². The molecule has 4 heteroatoms. The molecule has 0 heterocycles. The summed E-state index contributed by atoms with van der Waals surface area (Å²) in [6.07, 6.45) is 0.827. The molecule has 0 aliphatic heterocycles. The van der Waals surface area contributed by atoms with Gasteiger partial charge in [0.05, 0.1) is 36.1 Å². The molecule has 28 heavy (non-hydrogen) atoms. The summed E-state index contributed by atoms with van der Waals surface area (Å²) in [5.41, 5.74) is 1.22. The third kappa shape index (κ3) is 5.24. The van der Waals surface area contributed by atoms with Crippen molar-refractivity contribution in [2.75, 3.05) is 19.6 Å². The minimum Gasteiger partial charge on any atom is -0.277 e. The summed E-state index contributed by atoms with van der Waals surface area (Å²) in [6, 6.07) is 34.2. The predicted molar refractivity (Wildman–Crippen MR) is 113 cm³/mol. The van der Waals surface area contributed by atoms with Crippen LogP contribution in [0.2, 0.25) is 0 Å². The normalized spacial score (nSPS) is 10.6. The fourth-order valence-corrected chi connectivity index (χ4v) is 5.10. The van der Waals surface area contributed by atoms with Crippen LogP contribution >= 0.6 is 0 Å². The number of nitriles is 2. The van der Waals surface area contributed by atoms with Gasteiger partial charge < -0.3 is 0 Å². The number of rotatable bonds is 8. The van der Waals surface area contributed by atoms with E-state index in [4.69, 9.17) is 10.5 Å². The van der Waals surface area contributed by atoms with Crippen molar-refractivity contribution in [3.05, 3.63) is 90.5 Å². The molecule has 0 radical (unpaired) electrons. The molecule has 0 N–H and O–H groups in total. The maximum Gasteiger partial charge on any atom is 0.166 e. The van der Waals surface area contributed by atoms with E-state index in [2.05, 4.69) is 84.9 Å². The Labute approximate surface area is 169 Å². The average Bonchev–Trinajstić information content (AvgIpc) is 2.75. The van der Waals surface area contributed by atoms with Gasteiger partial charge in [0.1, 0.15) is 0 Å². The van der Waals surface area contributed by atoms with E-state index in [1.54, 1.807) is 0 Å². The van der Waals surface area contributed by atoms with E-state index in [9.17, 15) is 0 Å². The first-order valence-corrected chi connectivity index (χ1v) is 10.4. The number of benzene rings is 3. The monoisotopic (exact) mass is 384 g/mol. The van der Waals surface area contributed by atoms with Crippen LogP contribution in [-0.2, 0) is 17.3 Å². The lowest BCUT2D eigenvalue weighted by Crippen LogP contribution is -2.26. The zero-order chi connectivity index (χ0) is 19.6. The van der Waals surface area contributed by atoms with E-state index in [1.807, 2.05) is 17.0 Å². The van der Waals surface area contributed by atoms with Crippen LogP contribution < -0.4 is 0 Å². The number of nitrogens with zero attached hydrogens (tertiary/aromatic N) is 3. The first-order valence-electron chi connectivity index (χ1n) is 9.21. The Kier molecular flexibility index (Phi) is 7.27. The maximum atomic E-state index is 8.87. The summed E-state index contributed by atoms with van der Waals surface area (Å²) in [6.45, 7) is 1.29. The third-order valence-corrected chi connectivity index (χ3v) is 6.65. The largest absolute Gasteiger partial charge is 0.277 e. The summed E-state index contributed by atoms with van der Waals surface area (Å²) < 4.78 is 0. The molecule has 138 valence electrons. The molecular weight excluding hydrogens is 362 g/mol. The van der Waals surface area contributed by atoms with E-state index in [0.29, 0.717) is 6.54 Å². The quantitative estimate of drug-likeness (QED) is 0.419. The van der Waals surface area contributed by atoms with Crippen molar-refractivity contribution in [1.82, 2.24) is 4.90 Å². The summed E-state index contributed by atoms with van der Waals surface area (Å²) in [5.74, 6) is 0. The number of hydrogen-bond acceptors (Lipinski definition) is 3. The molecule has 0 aromatic heterocycles. The molecule has 3 rings (SSSR count). The first kappa shape index (κ1) is 19.7. The van der Waals surface area contributed by atoms with Gasteiger partial charge in [-0.15, -0.1) is 0 Å². The van der Waals surface area contributed by atoms with Crippen molar-refractivity contribution >= 4 is 10.9 Å². The Morgan fingerprint density at radius 3 is 1.57 bits per heavy atom. The summed E-state index contributed by atoms with van der Waals surface area (Å²) in [4.78, 5) is 5.75. The average molecular weight is 385 g/mol. The molecular formula is C24H22N3S+. The Balaban J connectivity index is 1.80. The minimum absolute atomic E-state index is 0.138. The van der Waals surface area contributed by atoms with Gasteiger partial charge >= 0.3 is 0 Å². The summed E-state index contributed by atoms with van der Waals surface area (Å²) in [5, 5.41) is 17.7.